The fourth-order valence-electron chi connectivity index (χ4n) is 2.62. The summed E-state index contributed by atoms with van der Waals surface area (Å²) in [4.78, 5) is 24.0. The number of rotatable bonds is 3. The molecule has 1 aromatic carbocycles. The van der Waals surface area contributed by atoms with Crippen molar-refractivity contribution in [1.82, 2.24) is 4.57 Å². The summed E-state index contributed by atoms with van der Waals surface area (Å²) in [5.41, 5.74) is 3.15. The van der Waals surface area contributed by atoms with Gasteiger partial charge in [0.25, 0.3) is 5.56 Å². The summed E-state index contributed by atoms with van der Waals surface area (Å²) < 4.78 is 2.22. The molecule has 0 fully saturated rings. The molecule has 3 nitrogen and oxygen atoms in total. The average molecular weight is 332 g/mol. The third kappa shape index (κ3) is 2.61. The summed E-state index contributed by atoms with van der Waals surface area (Å²) in [6.07, 6.45) is 4.97. The van der Waals surface area contributed by atoms with E-state index in [-0.39, 0.29) is 17.9 Å². The molecule has 1 aliphatic carbocycles. The van der Waals surface area contributed by atoms with Gasteiger partial charge in [0, 0.05) is 22.3 Å². The highest BCUT2D eigenvalue weighted by Gasteiger charge is 2.14. The number of ketones is 1. The Labute approximate surface area is 125 Å². The zero-order valence-corrected chi connectivity index (χ0v) is 12.5. The van der Waals surface area contributed by atoms with E-state index in [1.54, 1.807) is 12.3 Å². The van der Waals surface area contributed by atoms with E-state index >= 15 is 0 Å². The van der Waals surface area contributed by atoms with Gasteiger partial charge in [0.15, 0.2) is 5.78 Å². The van der Waals surface area contributed by atoms with Crippen molar-refractivity contribution in [1.29, 1.82) is 0 Å². The maximum atomic E-state index is 12.3. The van der Waals surface area contributed by atoms with Gasteiger partial charge in [-0.15, -0.1) is 0 Å². The highest BCUT2D eigenvalue weighted by Crippen LogP contribution is 2.23. The van der Waals surface area contributed by atoms with Crippen LogP contribution in [-0.2, 0) is 19.4 Å². The van der Waals surface area contributed by atoms with Gasteiger partial charge in [0.05, 0.1) is 6.54 Å². The van der Waals surface area contributed by atoms with Gasteiger partial charge in [0.2, 0.25) is 0 Å². The first-order valence-corrected chi connectivity index (χ1v) is 7.44. The third-order valence-corrected chi connectivity index (χ3v) is 4.15. The molecular formula is C16H14BrNO2. The minimum atomic E-state index is -0.164. The highest BCUT2D eigenvalue weighted by molar-refractivity contribution is 9.10. The summed E-state index contributed by atoms with van der Waals surface area (Å²) in [5, 5.41) is 0. The van der Waals surface area contributed by atoms with Crippen LogP contribution in [0.2, 0.25) is 0 Å². The summed E-state index contributed by atoms with van der Waals surface area (Å²) in [7, 11) is 0. The Balaban J connectivity index is 1.86. The van der Waals surface area contributed by atoms with Crippen LogP contribution in [0.15, 0.2) is 45.8 Å². The number of hydrogen-bond donors (Lipinski definition) is 0. The van der Waals surface area contributed by atoms with E-state index in [1.807, 2.05) is 18.2 Å². The summed E-state index contributed by atoms with van der Waals surface area (Å²) >= 11 is 3.31. The van der Waals surface area contributed by atoms with Crippen LogP contribution in [0.3, 0.4) is 0 Å². The topological polar surface area (TPSA) is 39.1 Å². The predicted octanol–water partition coefficient (Wildman–Crippen LogP) is 2.98. The lowest BCUT2D eigenvalue weighted by atomic mass is 10.0. The molecule has 0 N–H and O–H groups in total. The maximum absolute atomic E-state index is 12.3. The van der Waals surface area contributed by atoms with Crippen LogP contribution in [0, 0.1) is 0 Å². The number of hydrogen-bond acceptors (Lipinski definition) is 2. The summed E-state index contributed by atoms with van der Waals surface area (Å²) in [5.74, 6) is -0.0279. The smallest absolute Gasteiger partial charge is 0.251 e. The van der Waals surface area contributed by atoms with Crippen molar-refractivity contribution < 1.29 is 4.79 Å². The molecule has 0 atom stereocenters. The molecule has 0 saturated carbocycles. The Morgan fingerprint density at radius 3 is 2.80 bits per heavy atom. The molecule has 1 aliphatic rings. The van der Waals surface area contributed by atoms with Crippen LogP contribution in [0.5, 0.6) is 0 Å². The Hall–Kier alpha value is -1.68. The monoisotopic (exact) mass is 331 g/mol. The first-order chi connectivity index (χ1) is 9.63. The molecule has 0 unspecified atom stereocenters. The number of benzene rings is 1. The quantitative estimate of drug-likeness (QED) is 0.811. The second-order valence-electron chi connectivity index (χ2n) is 5.07. The van der Waals surface area contributed by atoms with Crippen LogP contribution in [0.1, 0.15) is 27.9 Å². The molecule has 2 aromatic rings. The fraction of sp³-hybridized carbons (Fsp3) is 0.250. The van der Waals surface area contributed by atoms with Gasteiger partial charge in [-0.25, -0.2) is 0 Å². The lowest BCUT2D eigenvalue weighted by Gasteiger charge is -2.07. The normalized spacial score (nSPS) is 13.2. The van der Waals surface area contributed by atoms with Crippen LogP contribution < -0.4 is 5.56 Å². The van der Waals surface area contributed by atoms with Gasteiger partial charge in [-0.1, -0.05) is 12.1 Å². The van der Waals surface area contributed by atoms with Crippen molar-refractivity contribution in [2.75, 3.05) is 0 Å². The van der Waals surface area contributed by atoms with Crippen molar-refractivity contribution in [2.24, 2.45) is 0 Å². The number of fused-ring (bicyclic) bond motifs is 1. The van der Waals surface area contributed by atoms with Gasteiger partial charge >= 0.3 is 0 Å². The van der Waals surface area contributed by atoms with Crippen LogP contribution in [0.4, 0.5) is 0 Å². The molecule has 102 valence electrons. The van der Waals surface area contributed by atoms with Gasteiger partial charge in [-0.3, -0.25) is 9.59 Å². The standard InChI is InChI=1S/C16H14BrNO2/c17-14-6-7-16(20)18(9-14)10-15(19)13-5-4-11-2-1-3-12(11)8-13/h4-9H,1-3,10H2. The number of aromatic nitrogens is 1. The second-order valence-corrected chi connectivity index (χ2v) is 5.99. The van der Waals surface area contributed by atoms with Crippen LogP contribution in [-0.4, -0.2) is 10.4 Å². The zero-order chi connectivity index (χ0) is 14.1. The molecule has 1 heterocycles. The van der Waals surface area contributed by atoms with Crippen molar-refractivity contribution in [2.45, 2.75) is 25.8 Å². The van der Waals surface area contributed by atoms with Crippen LogP contribution in [0.25, 0.3) is 0 Å². The number of aryl methyl sites for hydroxylation is 2. The van der Waals surface area contributed by atoms with Crippen molar-refractivity contribution in [3.63, 3.8) is 0 Å². The van der Waals surface area contributed by atoms with Gasteiger partial charge < -0.3 is 4.57 Å². The fourth-order valence-corrected chi connectivity index (χ4v) is 3.00. The molecule has 0 radical (unpaired) electrons. The SMILES string of the molecule is O=C(Cn1cc(Br)ccc1=O)c1ccc2c(c1)CCC2. The Bertz CT molecular complexity index is 733. The van der Waals surface area contributed by atoms with E-state index in [0.29, 0.717) is 5.56 Å². The average Bonchev–Trinajstić information content (AvgIpc) is 2.90. The summed E-state index contributed by atoms with van der Waals surface area (Å²) in [6, 6.07) is 9.03. The molecule has 1 aromatic heterocycles. The number of carbonyl (C=O) groups excluding carboxylic acids is 1. The lowest BCUT2D eigenvalue weighted by molar-refractivity contribution is 0.0970. The predicted molar refractivity (Wildman–Crippen MR) is 81.2 cm³/mol. The third-order valence-electron chi connectivity index (χ3n) is 3.68. The molecule has 0 amide bonds. The Morgan fingerprint density at radius 2 is 1.95 bits per heavy atom. The molecule has 0 aliphatic heterocycles. The van der Waals surface area contributed by atoms with E-state index in [1.165, 1.54) is 21.8 Å². The first kappa shape index (κ1) is 13.3. The largest absolute Gasteiger partial charge is 0.307 e. The lowest BCUT2D eigenvalue weighted by Crippen LogP contribution is -2.23. The Morgan fingerprint density at radius 1 is 1.15 bits per heavy atom. The zero-order valence-electron chi connectivity index (χ0n) is 10.9. The van der Waals surface area contributed by atoms with Crippen molar-refractivity contribution >= 4 is 21.7 Å². The highest BCUT2D eigenvalue weighted by atomic mass is 79.9. The van der Waals surface area contributed by atoms with Crippen molar-refractivity contribution in [3.05, 3.63) is 68.0 Å². The molecular weight excluding hydrogens is 318 g/mol. The van der Waals surface area contributed by atoms with E-state index in [0.717, 1.165) is 23.7 Å². The van der Waals surface area contributed by atoms with Crippen LogP contribution >= 0.6 is 15.9 Å². The first-order valence-electron chi connectivity index (χ1n) is 6.64. The van der Waals surface area contributed by atoms with Gasteiger partial charge in [-0.2, -0.15) is 0 Å². The second kappa shape index (κ2) is 5.37. The number of nitrogens with zero attached hydrogens (tertiary/aromatic N) is 1. The minimum absolute atomic E-state index is 0.0279. The summed E-state index contributed by atoms with van der Waals surface area (Å²) in [6.45, 7) is 0.0804. The number of pyridine rings is 1. The molecule has 0 saturated heterocycles. The molecule has 4 heteroatoms. The van der Waals surface area contributed by atoms with E-state index < -0.39 is 0 Å². The molecule has 0 bridgehead atoms. The molecule has 20 heavy (non-hydrogen) atoms. The molecule has 3 rings (SSSR count). The number of carbonyl (C=O) groups is 1. The molecule has 0 spiro atoms. The minimum Gasteiger partial charge on any atom is -0.307 e. The number of halogens is 1. The van der Waals surface area contributed by atoms with Gasteiger partial charge in [-0.05, 0) is 58.5 Å². The van der Waals surface area contributed by atoms with E-state index in [9.17, 15) is 9.59 Å². The van der Waals surface area contributed by atoms with E-state index in [4.69, 9.17) is 0 Å². The van der Waals surface area contributed by atoms with Gasteiger partial charge in [0.1, 0.15) is 0 Å². The maximum Gasteiger partial charge on any atom is 0.251 e. The van der Waals surface area contributed by atoms with Crippen molar-refractivity contribution in [3.8, 4) is 0 Å². The number of Topliss-reactive ketones (excluding diaryl/α,β-unsaturated/α-hetero) is 1. The Kier molecular flexibility index (Phi) is 3.57. The van der Waals surface area contributed by atoms with E-state index in [2.05, 4.69) is 15.9 Å².